The van der Waals surface area contributed by atoms with Gasteiger partial charge in [0.15, 0.2) is 0 Å². The van der Waals surface area contributed by atoms with Crippen LogP contribution in [0.15, 0.2) is 71.2 Å². The summed E-state index contributed by atoms with van der Waals surface area (Å²) in [5.41, 5.74) is 5.98. The molecule has 0 fully saturated rings. The van der Waals surface area contributed by atoms with Gasteiger partial charge >= 0.3 is 0 Å². The Morgan fingerprint density at radius 3 is 1.79 bits per heavy atom. The molecule has 0 amide bonds. The van der Waals surface area contributed by atoms with E-state index in [0.29, 0.717) is 43.1 Å². The van der Waals surface area contributed by atoms with Crippen LogP contribution in [0.1, 0.15) is 5.56 Å². The van der Waals surface area contributed by atoms with Crippen molar-refractivity contribution in [3.05, 3.63) is 90.4 Å². The van der Waals surface area contributed by atoms with Gasteiger partial charge in [0.05, 0.1) is 32.1 Å². The van der Waals surface area contributed by atoms with Crippen molar-refractivity contribution in [3.63, 3.8) is 0 Å². The van der Waals surface area contributed by atoms with Crippen molar-refractivity contribution in [1.82, 2.24) is 19.9 Å². The number of hydrogen-bond acceptors (Lipinski definition) is 6. The van der Waals surface area contributed by atoms with E-state index in [1.54, 1.807) is 24.3 Å². The molecule has 0 bridgehead atoms. The van der Waals surface area contributed by atoms with Gasteiger partial charge in [-0.1, -0.05) is 47.5 Å². The van der Waals surface area contributed by atoms with E-state index in [-0.39, 0.29) is 11.5 Å². The monoisotopic (exact) mass is 728 g/mol. The zero-order valence-corrected chi connectivity index (χ0v) is 25.3. The van der Waals surface area contributed by atoms with Gasteiger partial charge in [-0.15, -0.1) is 0 Å². The minimum Gasteiger partial charge on any atom is -0.506 e. The largest absolute Gasteiger partial charge is 0.506 e. The van der Waals surface area contributed by atoms with Gasteiger partial charge in [-0.25, -0.2) is 19.9 Å². The molecule has 5 aromatic carbocycles. The molecule has 7 rings (SSSR count). The second-order valence-electron chi connectivity index (χ2n) is 8.88. The van der Waals surface area contributed by atoms with Gasteiger partial charge in [0.2, 0.25) is 0 Å². The number of phenolic OH excluding ortho intramolecular Hbond substituents is 2. The summed E-state index contributed by atoms with van der Waals surface area (Å²) in [5.74, 6) is 0.293. The SMILES string of the molecule is Cc1cc(Br)c2nc3cc4ccccc4cc3nc2c1O.Oc1ccc(I)c2nc3cc(Cl)c(Cl)cc3nc12. The van der Waals surface area contributed by atoms with Crippen molar-refractivity contribution in [2.75, 3.05) is 0 Å². The maximum Gasteiger partial charge on any atom is 0.146 e. The smallest absolute Gasteiger partial charge is 0.146 e. The van der Waals surface area contributed by atoms with Crippen LogP contribution in [0.2, 0.25) is 10.0 Å². The number of hydrogen-bond donors (Lipinski definition) is 2. The first-order valence-electron chi connectivity index (χ1n) is 11.6. The number of halogens is 4. The van der Waals surface area contributed by atoms with E-state index in [2.05, 4.69) is 64.5 Å². The molecule has 2 N–H and O–H groups in total. The van der Waals surface area contributed by atoms with Crippen LogP contribution in [-0.2, 0) is 0 Å². The lowest BCUT2D eigenvalue weighted by Crippen LogP contribution is -1.91. The van der Waals surface area contributed by atoms with Crippen molar-refractivity contribution in [2.45, 2.75) is 6.92 Å². The fraction of sp³-hybridized carbons (Fsp3) is 0.0345. The average Bonchev–Trinajstić information content (AvgIpc) is 2.92. The Morgan fingerprint density at radius 1 is 0.667 bits per heavy atom. The molecule has 0 radical (unpaired) electrons. The highest BCUT2D eigenvalue weighted by Gasteiger charge is 2.13. The van der Waals surface area contributed by atoms with Gasteiger partial charge in [-0.05, 0) is 104 Å². The first-order valence-corrected chi connectivity index (χ1v) is 14.2. The number of aromatic nitrogens is 4. The molecule has 0 aliphatic heterocycles. The Hall–Kier alpha value is -3.05. The summed E-state index contributed by atoms with van der Waals surface area (Å²) >= 11 is 17.6. The predicted molar refractivity (Wildman–Crippen MR) is 170 cm³/mol. The molecule has 0 aliphatic carbocycles. The van der Waals surface area contributed by atoms with Crippen molar-refractivity contribution < 1.29 is 10.2 Å². The van der Waals surface area contributed by atoms with E-state index in [0.717, 1.165) is 35.4 Å². The number of rotatable bonds is 0. The lowest BCUT2D eigenvalue weighted by molar-refractivity contribution is 0.476. The maximum absolute atomic E-state index is 10.2. The summed E-state index contributed by atoms with van der Waals surface area (Å²) in [4.78, 5) is 18.1. The highest BCUT2D eigenvalue weighted by atomic mass is 127. The topological polar surface area (TPSA) is 92.0 Å². The van der Waals surface area contributed by atoms with Crippen LogP contribution < -0.4 is 0 Å². The molecule has 0 unspecified atom stereocenters. The number of aromatic hydroxyl groups is 2. The average molecular weight is 730 g/mol. The Labute approximate surface area is 253 Å². The van der Waals surface area contributed by atoms with Gasteiger partial charge in [-0.2, -0.15) is 0 Å². The van der Waals surface area contributed by atoms with Gasteiger partial charge < -0.3 is 10.2 Å². The van der Waals surface area contributed by atoms with Crippen molar-refractivity contribution >= 4 is 117 Å². The zero-order valence-electron chi connectivity index (χ0n) is 20.0. The van der Waals surface area contributed by atoms with Gasteiger partial charge in [0.25, 0.3) is 0 Å². The number of aryl methyl sites for hydroxylation is 1. The van der Waals surface area contributed by atoms with Crippen molar-refractivity contribution in [2.24, 2.45) is 0 Å². The minimum atomic E-state index is 0.103. The third-order valence-electron chi connectivity index (χ3n) is 6.26. The molecule has 2 heterocycles. The molecule has 0 spiro atoms. The number of fused-ring (bicyclic) bond motifs is 5. The van der Waals surface area contributed by atoms with Crippen LogP contribution >= 0.6 is 61.7 Å². The van der Waals surface area contributed by atoms with Crippen molar-refractivity contribution in [3.8, 4) is 11.5 Å². The molecule has 2 aromatic heterocycles. The van der Waals surface area contributed by atoms with E-state index in [1.165, 1.54) is 0 Å². The summed E-state index contributed by atoms with van der Waals surface area (Å²) in [5, 5.41) is 23.1. The summed E-state index contributed by atoms with van der Waals surface area (Å²) in [6.45, 7) is 1.85. The van der Waals surface area contributed by atoms with Gasteiger partial charge in [0.1, 0.15) is 33.6 Å². The van der Waals surface area contributed by atoms with Crippen molar-refractivity contribution in [1.29, 1.82) is 0 Å². The molecule has 0 atom stereocenters. The number of phenols is 2. The fourth-order valence-corrected chi connectivity index (χ4v) is 5.79. The fourth-order valence-electron chi connectivity index (χ4n) is 4.29. The van der Waals surface area contributed by atoms with Crippen LogP contribution in [0, 0.1) is 10.5 Å². The highest BCUT2D eigenvalue weighted by Crippen LogP contribution is 2.34. The molecule has 7 aromatic rings. The summed E-state index contributed by atoms with van der Waals surface area (Å²) in [6.07, 6.45) is 0. The third kappa shape index (κ3) is 4.80. The molecule has 0 saturated heterocycles. The number of nitrogens with zero attached hydrogens (tertiary/aromatic N) is 4. The molecular formula is C29H16BrCl2IN4O2. The summed E-state index contributed by atoms with van der Waals surface area (Å²) < 4.78 is 1.76. The Bertz CT molecular complexity index is 2060. The highest BCUT2D eigenvalue weighted by molar-refractivity contribution is 14.1. The molecule has 10 heteroatoms. The molecule has 6 nitrogen and oxygen atoms in total. The molecule has 192 valence electrons. The third-order valence-corrected chi connectivity index (χ3v) is 8.46. The van der Waals surface area contributed by atoms with Crippen LogP contribution in [0.3, 0.4) is 0 Å². The van der Waals surface area contributed by atoms with Crippen LogP contribution in [0.5, 0.6) is 11.5 Å². The lowest BCUT2D eigenvalue weighted by atomic mass is 10.1. The van der Waals surface area contributed by atoms with E-state index in [4.69, 9.17) is 23.2 Å². The maximum atomic E-state index is 10.2. The van der Waals surface area contributed by atoms with E-state index >= 15 is 0 Å². The quantitative estimate of drug-likeness (QED) is 0.120. The zero-order chi connectivity index (χ0) is 27.4. The van der Waals surface area contributed by atoms with E-state index in [1.807, 2.05) is 43.3 Å². The Kier molecular flexibility index (Phi) is 6.83. The summed E-state index contributed by atoms with van der Waals surface area (Å²) in [6, 6.07) is 20.7. The molecule has 0 aliphatic rings. The Balaban J connectivity index is 0.000000144. The first-order chi connectivity index (χ1) is 18.7. The predicted octanol–water partition coefficient (Wildman–Crippen LogP) is 9.11. The van der Waals surface area contributed by atoms with Gasteiger partial charge in [-0.3, -0.25) is 0 Å². The molecular weight excluding hydrogens is 714 g/mol. The van der Waals surface area contributed by atoms with E-state index in [9.17, 15) is 10.2 Å². The second-order valence-corrected chi connectivity index (χ2v) is 11.7. The number of benzene rings is 5. The van der Waals surface area contributed by atoms with Crippen LogP contribution in [0.4, 0.5) is 0 Å². The van der Waals surface area contributed by atoms with Crippen LogP contribution in [-0.4, -0.2) is 30.1 Å². The first kappa shape index (κ1) is 26.2. The Morgan fingerprint density at radius 2 is 1.18 bits per heavy atom. The molecule has 0 saturated carbocycles. The van der Waals surface area contributed by atoms with Gasteiger partial charge in [0, 0.05) is 8.04 Å². The summed E-state index contributed by atoms with van der Waals surface area (Å²) in [7, 11) is 0. The minimum absolute atomic E-state index is 0.103. The lowest BCUT2D eigenvalue weighted by Gasteiger charge is -2.08. The van der Waals surface area contributed by atoms with Crippen LogP contribution in [0.25, 0.3) is 54.9 Å². The molecule has 39 heavy (non-hydrogen) atoms. The second kappa shape index (κ2) is 10.2. The standard InChI is InChI=1S/C17H11BrN2O.C12H5Cl2IN2O/c1-9-6-12(18)15-16(17(9)21)20-14-8-11-5-3-2-4-10(11)7-13(14)19-15;13-5-3-8-9(4-6(5)14)17-12-10(18)2-1-7(15)11(12)16-8/h2-8,21H,1H3;1-4,18H. The van der Waals surface area contributed by atoms with E-state index < -0.39 is 0 Å². The normalized spacial score (nSPS) is 11.4.